The van der Waals surface area contributed by atoms with Gasteiger partial charge in [-0.2, -0.15) is 18.3 Å². The highest BCUT2D eigenvalue weighted by atomic mass is 19.4. The maximum atomic E-state index is 13.6. The summed E-state index contributed by atoms with van der Waals surface area (Å²) in [6, 6.07) is 6.54. The molecule has 1 aromatic carbocycles. The van der Waals surface area contributed by atoms with Gasteiger partial charge in [-0.3, -0.25) is 4.79 Å². The lowest BCUT2D eigenvalue weighted by atomic mass is 9.82. The third kappa shape index (κ3) is 4.15. The topological polar surface area (TPSA) is 59.0 Å². The minimum Gasteiger partial charge on any atom is -0.367 e. The molecule has 0 fully saturated rings. The predicted molar refractivity (Wildman–Crippen MR) is 103 cm³/mol. The molecule has 1 aliphatic rings. The van der Waals surface area contributed by atoms with Gasteiger partial charge in [-0.05, 0) is 36.0 Å². The van der Waals surface area contributed by atoms with E-state index >= 15 is 0 Å². The Morgan fingerprint density at radius 1 is 1.25 bits per heavy atom. The van der Waals surface area contributed by atoms with Crippen molar-refractivity contribution < 1.29 is 18.0 Å². The minimum atomic E-state index is -4.45. The second-order valence-corrected chi connectivity index (χ2v) is 8.22. The summed E-state index contributed by atoms with van der Waals surface area (Å²) in [5, 5.41) is 9.77. The smallest absolute Gasteiger partial charge is 0.367 e. The van der Waals surface area contributed by atoms with E-state index in [2.05, 4.69) is 15.7 Å². The van der Waals surface area contributed by atoms with Crippen LogP contribution in [0.5, 0.6) is 0 Å². The van der Waals surface area contributed by atoms with Crippen molar-refractivity contribution in [3.63, 3.8) is 0 Å². The Hall–Kier alpha value is -2.51. The molecule has 0 aliphatic carbocycles. The highest BCUT2D eigenvalue weighted by molar-refractivity contribution is 6.03. The van der Waals surface area contributed by atoms with Crippen LogP contribution in [-0.4, -0.2) is 27.9 Å². The Labute approximate surface area is 162 Å². The summed E-state index contributed by atoms with van der Waals surface area (Å²) >= 11 is 0. The van der Waals surface area contributed by atoms with Gasteiger partial charge < -0.3 is 10.6 Å². The van der Waals surface area contributed by atoms with Crippen LogP contribution in [-0.2, 0) is 6.42 Å². The van der Waals surface area contributed by atoms with Gasteiger partial charge in [0.2, 0.25) is 0 Å². The van der Waals surface area contributed by atoms with Crippen molar-refractivity contribution in [3.8, 4) is 0 Å². The van der Waals surface area contributed by atoms with Crippen LogP contribution < -0.4 is 10.6 Å². The van der Waals surface area contributed by atoms with Gasteiger partial charge in [0.05, 0.1) is 0 Å². The monoisotopic (exact) mass is 394 g/mol. The number of carbonyl (C=O) groups is 1. The van der Waals surface area contributed by atoms with E-state index in [1.54, 1.807) is 12.1 Å². The van der Waals surface area contributed by atoms with E-state index in [1.807, 2.05) is 39.8 Å². The van der Waals surface area contributed by atoms with Crippen LogP contribution in [0.15, 0.2) is 30.3 Å². The van der Waals surface area contributed by atoms with E-state index in [-0.39, 0.29) is 29.4 Å². The standard InChI is InChI=1S/C20H25F3N4O/c1-5-12-6-8-13(9-7-12)24-18(28)14-10-17-25-15(19(2,3)4)11-16(20(21,22)23)27(17)26-14/h6-10,15-16,25H,5,11H2,1-4H3,(H,24,28). The van der Waals surface area contributed by atoms with Gasteiger partial charge in [0.25, 0.3) is 5.91 Å². The summed E-state index contributed by atoms with van der Waals surface area (Å²) < 4.78 is 41.7. The molecule has 28 heavy (non-hydrogen) atoms. The predicted octanol–water partition coefficient (Wildman–Crippen LogP) is 5.03. The van der Waals surface area contributed by atoms with Crippen LogP contribution in [0.2, 0.25) is 0 Å². The number of fused-ring (bicyclic) bond motifs is 1. The molecule has 2 atom stereocenters. The highest BCUT2D eigenvalue weighted by Crippen LogP contribution is 2.43. The summed E-state index contributed by atoms with van der Waals surface area (Å²) in [6.45, 7) is 7.69. The molecule has 0 saturated carbocycles. The number of hydrogen-bond acceptors (Lipinski definition) is 3. The number of aryl methyl sites for hydroxylation is 1. The average Bonchev–Trinajstić information content (AvgIpc) is 3.04. The van der Waals surface area contributed by atoms with Crippen molar-refractivity contribution in [2.75, 3.05) is 10.6 Å². The van der Waals surface area contributed by atoms with Crippen LogP contribution in [0, 0.1) is 5.41 Å². The lowest BCUT2D eigenvalue weighted by Crippen LogP contribution is -2.44. The number of rotatable bonds is 3. The molecule has 0 radical (unpaired) electrons. The molecular weight excluding hydrogens is 369 g/mol. The van der Waals surface area contributed by atoms with Crippen molar-refractivity contribution in [3.05, 3.63) is 41.6 Å². The van der Waals surface area contributed by atoms with Crippen LogP contribution >= 0.6 is 0 Å². The maximum Gasteiger partial charge on any atom is 0.410 e. The molecule has 1 aliphatic heterocycles. The van der Waals surface area contributed by atoms with Crippen molar-refractivity contribution in [2.24, 2.45) is 5.41 Å². The minimum absolute atomic E-state index is 0.0501. The first-order valence-corrected chi connectivity index (χ1v) is 9.32. The summed E-state index contributed by atoms with van der Waals surface area (Å²) in [4.78, 5) is 12.5. The number of benzene rings is 1. The largest absolute Gasteiger partial charge is 0.410 e. The van der Waals surface area contributed by atoms with E-state index in [0.29, 0.717) is 5.69 Å². The first-order valence-electron chi connectivity index (χ1n) is 9.32. The quantitative estimate of drug-likeness (QED) is 0.768. The van der Waals surface area contributed by atoms with Gasteiger partial charge in [-0.15, -0.1) is 0 Å². The Bertz CT molecular complexity index is 850. The summed E-state index contributed by atoms with van der Waals surface area (Å²) in [6.07, 6.45) is -3.71. The molecule has 152 valence electrons. The Morgan fingerprint density at radius 3 is 2.43 bits per heavy atom. The maximum absolute atomic E-state index is 13.6. The van der Waals surface area contributed by atoms with Gasteiger partial charge in [-0.1, -0.05) is 39.8 Å². The SMILES string of the molecule is CCc1ccc(NC(=O)c2cc3n(n2)C(C(F)(F)F)CC(C(C)(C)C)N3)cc1. The van der Waals surface area contributed by atoms with E-state index in [9.17, 15) is 18.0 Å². The van der Waals surface area contributed by atoms with E-state index in [1.165, 1.54) is 6.07 Å². The first-order chi connectivity index (χ1) is 13.0. The first kappa shape index (κ1) is 20.2. The molecule has 0 bridgehead atoms. The van der Waals surface area contributed by atoms with E-state index < -0.39 is 18.1 Å². The molecule has 0 saturated heterocycles. The van der Waals surface area contributed by atoms with Crippen LogP contribution in [0.3, 0.4) is 0 Å². The number of hydrogen-bond donors (Lipinski definition) is 2. The van der Waals surface area contributed by atoms with E-state index in [4.69, 9.17) is 0 Å². The van der Waals surface area contributed by atoms with Crippen molar-refractivity contribution in [1.29, 1.82) is 0 Å². The second-order valence-electron chi connectivity index (χ2n) is 8.22. The number of alkyl halides is 3. The molecule has 2 heterocycles. The highest BCUT2D eigenvalue weighted by Gasteiger charge is 2.48. The number of nitrogens with one attached hydrogen (secondary N) is 2. The van der Waals surface area contributed by atoms with Crippen molar-refractivity contribution in [2.45, 2.75) is 58.8 Å². The Balaban J connectivity index is 1.87. The number of amides is 1. The van der Waals surface area contributed by atoms with Crippen molar-refractivity contribution >= 4 is 17.4 Å². The van der Waals surface area contributed by atoms with Crippen LogP contribution in [0.25, 0.3) is 0 Å². The summed E-state index contributed by atoms with van der Waals surface area (Å²) in [5.74, 6) is -0.332. The van der Waals surface area contributed by atoms with Gasteiger partial charge in [0.1, 0.15) is 5.82 Å². The molecule has 8 heteroatoms. The van der Waals surface area contributed by atoms with Gasteiger partial charge in [-0.25, -0.2) is 4.68 Å². The second kappa shape index (κ2) is 7.14. The van der Waals surface area contributed by atoms with Gasteiger partial charge >= 0.3 is 6.18 Å². The molecule has 0 spiro atoms. The summed E-state index contributed by atoms with van der Waals surface area (Å²) in [5.41, 5.74) is 1.27. The lowest BCUT2D eigenvalue weighted by molar-refractivity contribution is -0.175. The third-order valence-corrected chi connectivity index (χ3v) is 5.09. The Kier molecular flexibility index (Phi) is 5.16. The summed E-state index contributed by atoms with van der Waals surface area (Å²) in [7, 11) is 0. The number of nitrogens with zero attached hydrogens (tertiary/aromatic N) is 2. The molecular formula is C20H25F3N4O. The molecule has 2 aromatic rings. The average molecular weight is 394 g/mol. The molecule has 3 rings (SSSR count). The van der Waals surface area contributed by atoms with E-state index in [0.717, 1.165) is 16.7 Å². The molecule has 1 amide bonds. The number of carbonyl (C=O) groups excluding carboxylic acids is 1. The fourth-order valence-corrected chi connectivity index (χ4v) is 3.27. The zero-order valence-electron chi connectivity index (χ0n) is 16.4. The number of anilines is 2. The van der Waals surface area contributed by atoms with Crippen molar-refractivity contribution in [1.82, 2.24) is 9.78 Å². The lowest BCUT2D eigenvalue weighted by Gasteiger charge is -2.39. The van der Waals surface area contributed by atoms with Gasteiger partial charge in [0.15, 0.2) is 11.7 Å². The van der Waals surface area contributed by atoms with Crippen LogP contribution in [0.1, 0.15) is 56.2 Å². The Morgan fingerprint density at radius 2 is 1.89 bits per heavy atom. The number of halogens is 3. The zero-order chi connectivity index (χ0) is 20.7. The normalized spacial score (nSPS) is 19.7. The molecule has 2 N–H and O–H groups in total. The molecule has 5 nitrogen and oxygen atoms in total. The fraction of sp³-hybridized carbons (Fsp3) is 0.500. The number of aromatic nitrogens is 2. The van der Waals surface area contributed by atoms with Crippen LogP contribution in [0.4, 0.5) is 24.7 Å². The molecule has 1 aromatic heterocycles. The third-order valence-electron chi connectivity index (χ3n) is 5.09. The molecule has 2 unspecified atom stereocenters. The zero-order valence-corrected chi connectivity index (χ0v) is 16.4. The fourth-order valence-electron chi connectivity index (χ4n) is 3.27. The van der Waals surface area contributed by atoms with Gasteiger partial charge in [0, 0.05) is 17.8 Å².